The predicted molar refractivity (Wildman–Crippen MR) is 124 cm³/mol. The van der Waals surface area contributed by atoms with Gasteiger partial charge in [0.15, 0.2) is 0 Å². The fourth-order valence-electron chi connectivity index (χ4n) is 2.97. The van der Waals surface area contributed by atoms with E-state index in [-0.39, 0.29) is 18.2 Å². The van der Waals surface area contributed by atoms with E-state index >= 15 is 0 Å². The first-order valence-electron chi connectivity index (χ1n) is 8.50. The molecule has 0 aliphatic carbocycles. The minimum absolute atomic E-state index is 0.0242. The van der Waals surface area contributed by atoms with E-state index in [2.05, 4.69) is 3.53 Å². The van der Waals surface area contributed by atoms with Crippen LogP contribution in [-0.4, -0.2) is 41.4 Å². The molecule has 0 aliphatic rings. The smallest absolute Gasteiger partial charge is 0.480 e. The van der Waals surface area contributed by atoms with Crippen molar-refractivity contribution in [2.45, 2.75) is 38.8 Å². The number of amides is 1. The summed E-state index contributed by atoms with van der Waals surface area (Å²) in [5, 5.41) is 10.4. The topological polar surface area (TPSA) is 112 Å². The monoisotopic (exact) mass is 632 g/mol. The van der Waals surface area contributed by atoms with Crippen molar-refractivity contribution in [3.63, 3.8) is 0 Å². The normalized spacial score (nSPS) is 14.1. The first-order chi connectivity index (χ1) is 13.2. The number of nitrogens with one attached hydrogen (secondary N) is 1. The van der Waals surface area contributed by atoms with Gasteiger partial charge in [-0.2, -0.15) is 0 Å². The number of hydrogen-bond acceptors (Lipinski definition) is 4. The molecule has 1 amide bonds. The molecule has 0 radical (unpaired) electrons. The molecule has 1 heterocycles. The third kappa shape index (κ3) is 5.41. The number of aliphatic carboxylic acids is 1. The second kappa shape index (κ2) is 10.3. The van der Waals surface area contributed by atoms with Crippen LogP contribution in [0.15, 0.2) is 30.5 Å². The number of para-hydroxylation sites is 1. The summed E-state index contributed by atoms with van der Waals surface area (Å²) >= 11 is 3.65. The van der Waals surface area contributed by atoms with Gasteiger partial charge in [-0.15, -0.1) is 9.23 Å². The van der Waals surface area contributed by atoms with Gasteiger partial charge in [-0.1, -0.05) is 32.0 Å². The number of aromatic nitrogens is 1. The Morgan fingerprint density at radius 3 is 2.50 bits per heavy atom. The van der Waals surface area contributed by atoms with Crippen LogP contribution in [0, 0.1) is 5.92 Å². The summed E-state index contributed by atoms with van der Waals surface area (Å²) in [4.78, 5) is 34.3. The SMILES string of the molecule is CC(C)CC(NI)C(=O)N(I)C(Cc1cn([P+](=O)O)c2ccccc12)C(=O)O. The fourth-order valence-corrected chi connectivity index (χ4v) is 4.86. The number of carboxylic acid groups (broad SMARTS) is 1. The number of halogens is 2. The van der Waals surface area contributed by atoms with Crippen molar-refractivity contribution >= 4 is 76.7 Å². The molecule has 0 aliphatic heterocycles. The predicted octanol–water partition coefficient (Wildman–Crippen LogP) is 3.67. The molecule has 0 spiro atoms. The zero-order chi connectivity index (χ0) is 21.0. The largest absolute Gasteiger partial charge is 0.647 e. The quantitative estimate of drug-likeness (QED) is 0.221. The van der Waals surface area contributed by atoms with E-state index in [1.54, 1.807) is 47.1 Å². The number of carbonyl (C=O) groups is 2. The van der Waals surface area contributed by atoms with Crippen LogP contribution in [0.1, 0.15) is 25.8 Å². The van der Waals surface area contributed by atoms with Crippen molar-refractivity contribution in [2.24, 2.45) is 5.92 Å². The Morgan fingerprint density at radius 1 is 1.32 bits per heavy atom. The summed E-state index contributed by atoms with van der Waals surface area (Å²) < 4.78 is 17.0. The number of rotatable bonds is 9. The van der Waals surface area contributed by atoms with E-state index < -0.39 is 26.2 Å². The number of benzene rings is 1. The van der Waals surface area contributed by atoms with Gasteiger partial charge < -0.3 is 5.11 Å². The van der Waals surface area contributed by atoms with E-state index in [0.29, 0.717) is 22.9 Å². The van der Waals surface area contributed by atoms with Crippen LogP contribution in [0.25, 0.3) is 10.9 Å². The molecule has 28 heavy (non-hydrogen) atoms. The van der Waals surface area contributed by atoms with E-state index in [1.807, 2.05) is 36.7 Å². The number of hydrogen-bond donors (Lipinski definition) is 3. The molecule has 1 aromatic heterocycles. The van der Waals surface area contributed by atoms with Gasteiger partial charge in [0.25, 0.3) is 0 Å². The summed E-state index contributed by atoms with van der Waals surface area (Å²) in [7, 11) is -2.64. The molecule has 2 aromatic rings. The van der Waals surface area contributed by atoms with Crippen LogP contribution in [0.3, 0.4) is 0 Å². The first-order valence-corrected chi connectivity index (χ1v) is 11.7. The van der Waals surface area contributed by atoms with Gasteiger partial charge in [0, 0.05) is 34.7 Å². The summed E-state index contributed by atoms with van der Waals surface area (Å²) in [5.41, 5.74) is 1.14. The lowest BCUT2D eigenvalue weighted by Gasteiger charge is -2.27. The van der Waals surface area contributed by atoms with Crippen molar-refractivity contribution in [2.75, 3.05) is 0 Å². The van der Waals surface area contributed by atoms with Crippen LogP contribution in [-0.2, 0) is 20.6 Å². The Bertz CT molecular complexity index is 889. The summed E-state index contributed by atoms with van der Waals surface area (Å²) in [6.45, 7) is 3.98. The molecule has 2 rings (SSSR count). The van der Waals surface area contributed by atoms with Crippen molar-refractivity contribution in [3.8, 4) is 0 Å². The zero-order valence-corrected chi connectivity index (χ0v) is 20.5. The van der Waals surface area contributed by atoms with Gasteiger partial charge in [-0.25, -0.2) is 8.32 Å². The van der Waals surface area contributed by atoms with Gasteiger partial charge in [-0.3, -0.25) is 7.91 Å². The van der Waals surface area contributed by atoms with Crippen molar-refractivity contribution < 1.29 is 24.2 Å². The van der Waals surface area contributed by atoms with E-state index in [0.717, 1.165) is 0 Å². The lowest BCUT2D eigenvalue weighted by molar-refractivity contribution is -0.145. The summed E-state index contributed by atoms with van der Waals surface area (Å²) in [6.07, 6.45) is 2.09. The van der Waals surface area contributed by atoms with Crippen molar-refractivity contribution in [1.82, 2.24) is 11.0 Å². The minimum atomic E-state index is -2.64. The van der Waals surface area contributed by atoms with Gasteiger partial charge in [0.05, 0.1) is 40.6 Å². The van der Waals surface area contributed by atoms with Crippen LogP contribution in [0.5, 0.6) is 0 Å². The maximum atomic E-state index is 12.8. The molecule has 0 saturated carbocycles. The van der Waals surface area contributed by atoms with Gasteiger partial charge >= 0.3 is 14.1 Å². The number of carboxylic acids is 1. The highest BCUT2D eigenvalue weighted by molar-refractivity contribution is 14.1. The molecular weight excluding hydrogens is 611 g/mol. The molecular formula is C17H21I2N3O5P+. The highest BCUT2D eigenvalue weighted by Gasteiger charge is 2.34. The third-order valence-electron chi connectivity index (χ3n) is 4.28. The lowest BCUT2D eigenvalue weighted by atomic mass is 10.0. The molecule has 8 nitrogen and oxygen atoms in total. The second-order valence-electron chi connectivity index (χ2n) is 6.77. The number of fused-ring (bicyclic) bond motifs is 1. The average Bonchev–Trinajstić information content (AvgIpc) is 3.01. The number of carbonyl (C=O) groups excluding carboxylic acids is 1. The van der Waals surface area contributed by atoms with Gasteiger partial charge in [0.2, 0.25) is 5.91 Å². The van der Waals surface area contributed by atoms with Crippen molar-refractivity contribution in [3.05, 3.63) is 36.0 Å². The van der Waals surface area contributed by atoms with Crippen molar-refractivity contribution in [1.29, 1.82) is 0 Å². The maximum Gasteiger partial charge on any atom is 0.647 e. The Hall–Kier alpha value is -0.820. The second-order valence-corrected chi connectivity index (χ2v) is 9.37. The molecule has 1 aromatic carbocycles. The van der Waals surface area contributed by atoms with Gasteiger partial charge in [-0.05, 0) is 28.5 Å². The molecule has 0 fully saturated rings. The van der Waals surface area contributed by atoms with Gasteiger partial charge in [0.1, 0.15) is 6.04 Å². The standard InChI is InChI=1S/C17H20I2N3O5P/c1-10(2)7-13(20-18)16(23)22(19)15(17(24)25)8-11-9-21(28(26)27)14-6-4-3-5-12(11)14/h3-6,9-10,13,15,20H,7-8H2,1-2H3,(H-,24,25,26,27)/p+1. The maximum absolute atomic E-state index is 12.8. The summed E-state index contributed by atoms with van der Waals surface area (Å²) in [5.74, 6) is -1.18. The number of nitrogens with zero attached hydrogens (tertiary/aromatic N) is 2. The first kappa shape index (κ1) is 23.5. The molecule has 152 valence electrons. The highest BCUT2D eigenvalue weighted by atomic mass is 127. The molecule has 3 N–H and O–H groups in total. The Kier molecular flexibility index (Phi) is 8.61. The Labute approximate surface area is 191 Å². The zero-order valence-electron chi connectivity index (χ0n) is 15.2. The Morgan fingerprint density at radius 2 is 1.96 bits per heavy atom. The fraction of sp³-hybridized carbons (Fsp3) is 0.412. The minimum Gasteiger partial charge on any atom is -0.480 e. The lowest BCUT2D eigenvalue weighted by Crippen LogP contribution is -2.47. The van der Waals surface area contributed by atoms with E-state index in [9.17, 15) is 24.2 Å². The van der Waals surface area contributed by atoms with E-state index in [1.165, 1.54) is 13.6 Å². The third-order valence-corrected chi connectivity index (χ3v) is 6.88. The molecule has 0 saturated heterocycles. The van der Waals surface area contributed by atoms with Crippen LogP contribution in [0.4, 0.5) is 0 Å². The Balaban J connectivity index is 2.35. The van der Waals surface area contributed by atoms with Crippen LogP contribution >= 0.6 is 53.9 Å². The van der Waals surface area contributed by atoms with E-state index in [4.69, 9.17) is 0 Å². The highest BCUT2D eigenvalue weighted by Crippen LogP contribution is 2.31. The summed E-state index contributed by atoms with van der Waals surface area (Å²) in [6, 6.07) is 5.39. The van der Waals surface area contributed by atoms with Crippen LogP contribution < -0.4 is 3.53 Å². The van der Waals surface area contributed by atoms with Crippen LogP contribution in [0.2, 0.25) is 0 Å². The molecule has 3 unspecified atom stereocenters. The molecule has 11 heteroatoms. The average molecular weight is 632 g/mol. The molecule has 3 atom stereocenters. The molecule has 0 bridgehead atoms.